The topological polar surface area (TPSA) is 53.8 Å². The van der Waals surface area contributed by atoms with E-state index in [1.54, 1.807) is 30.3 Å². The number of hydrogen-bond acceptors (Lipinski definition) is 5. The Balaban J connectivity index is 1.55. The molecule has 1 saturated heterocycles. The first-order valence-electron chi connectivity index (χ1n) is 11.0. The molecule has 0 unspecified atom stereocenters. The van der Waals surface area contributed by atoms with Gasteiger partial charge in [-0.15, -0.1) is 0 Å². The quantitative estimate of drug-likeness (QED) is 0.143. The van der Waals surface area contributed by atoms with Gasteiger partial charge in [-0.1, -0.05) is 65.9 Å². The van der Waals surface area contributed by atoms with Gasteiger partial charge in [0.2, 0.25) is 0 Å². The lowest BCUT2D eigenvalue weighted by molar-refractivity contribution is -0.120. The minimum Gasteiger partial charge on any atom is -0.449 e. The fourth-order valence-corrected chi connectivity index (χ4v) is 5.41. The van der Waals surface area contributed by atoms with Gasteiger partial charge in [0.25, 0.3) is 11.8 Å². The maximum atomic E-state index is 13.6. The van der Waals surface area contributed by atoms with Gasteiger partial charge in [0.05, 0.1) is 15.8 Å². The summed E-state index contributed by atoms with van der Waals surface area (Å²) >= 11 is 10.6. The lowest BCUT2D eigenvalue weighted by atomic mass is 10.1. The van der Waals surface area contributed by atoms with E-state index in [0.717, 1.165) is 9.37 Å². The van der Waals surface area contributed by atoms with Crippen LogP contribution in [0.25, 0.3) is 6.08 Å². The number of halogens is 1. The zero-order valence-corrected chi connectivity index (χ0v) is 22.3. The summed E-state index contributed by atoms with van der Waals surface area (Å²) in [5.41, 5.74) is 2.26. The number of nitrogens with zero attached hydrogens (tertiary/aromatic N) is 2. The largest absolute Gasteiger partial charge is 0.449 e. The minimum atomic E-state index is -0.511. The van der Waals surface area contributed by atoms with Gasteiger partial charge >= 0.3 is 0 Å². The number of carbonyl (C=O) groups is 2. The first-order valence-corrected chi connectivity index (χ1v) is 13.0. The van der Waals surface area contributed by atoms with Crippen molar-refractivity contribution in [2.75, 3.05) is 9.80 Å². The Labute approximate surface area is 226 Å². The van der Waals surface area contributed by atoms with Crippen LogP contribution in [0.5, 0.6) is 0 Å². The van der Waals surface area contributed by atoms with Gasteiger partial charge < -0.3 is 4.42 Å². The molecule has 5 rings (SSSR count). The molecule has 0 atom stereocenters. The van der Waals surface area contributed by atoms with Crippen molar-refractivity contribution >= 4 is 74.3 Å². The van der Waals surface area contributed by atoms with E-state index >= 15 is 0 Å². The summed E-state index contributed by atoms with van der Waals surface area (Å²) in [7, 11) is 0. The van der Waals surface area contributed by atoms with Crippen LogP contribution in [-0.2, 0) is 9.59 Å². The van der Waals surface area contributed by atoms with E-state index in [1.807, 2.05) is 67.6 Å². The molecule has 3 aromatic carbocycles. The van der Waals surface area contributed by atoms with E-state index in [1.165, 1.54) is 33.2 Å². The molecule has 1 aliphatic heterocycles. The zero-order valence-electron chi connectivity index (χ0n) is 19.1. The Bertz CT molecular complexity index is 1420. The van der Waals surface area contributed by atoms with Crippen molar-refractivity contribution in [1.82, 2.24) is 0 Å². The molecule has 5 nitrogen and oxygen atoms in total. The molecule has 2 heterocycles. The minimum absolute atomic E-state index is 0.0514. The number of carbonyl (C=O) groups excluding carboxylic acids is 2. The second-order valence-electron chi connectivity index (χ2n) is 7.99. The Morgan fingerprint density at radius 2 is 1.36 bits per heavy atom. The number of thiocarbonyl (C=S) groups is 1. The maximum Gasteiger partial charge on any atom is 0.270 e. The van der Waals surface area contributed by atoms with Crippen molar-refractivity contribution in [3.8, 4) is 0 Å². The fourth-order valence-electron chi connectivity index (χ4n) is 3.70. The molecule has 0 radical (unpaired) electrons. The monoisotopic (exact) mass is 574 g/mol. The molecule has 1 aromatic heterocycles. The van der Waals surface area contributed by atoms with Crippen LogP contribution in [0.1, 0.15) is 11.3 Å². The predicted molar refractivity (Wildman–Crippen MR) is 150 cm³/mol. The van der Waals surface area contributed by atoms with Gasteiger partial charge in [-0.05, 0) is 83.6 Å². The van der Waals surface area contributed by atoms with Gasteiger partial charge in [0.1, 0.15) is 11.3 Å². The highest BCUT2D eigenvalue weighted by molar-refractivity contribution is 9.10. The highest BCUT2D eigenvalue weighted by Crippen LogP contribution is 2.37. The number of benzene rings is 3. The van der Waals surface area contributed by atoms with Crippen LogP contribution in [0.4, 0.5) is 11.4 Å². The first kappa shape index (κ1) is 24.2. The van der Waals surface area contributed by atoms with Crippen molar-refractivity contribution in [3.05, 3.63) is 112 Å². The van der Waals surface area contributed by atoms with E-state index in [4.69, 9.17) is 16.6 Å². The van der Waals surface area contributed by atoms with Crippen LogP contribution >= 0.6 is 39.9 Å². The van der Waals surface area contributed by atoms with Crippen molar-refractivity contribution in [1.29, 1.82) is 0 Å². The van der Waals surface area contributed by atoms with Gasteiger partial charge in [0.15, 0.2) is 10.2 Å². The average molecular weight is 576 g/mol. The summed E-state index contributed by atoms with van der Waals surface area (Å²) in [6, 6.07) is 27.9. The molecule has 4 aromatic rings. The summed E-state index contributed by atoms with van der Waals surface area (Å²) in [5, 5.41) is 0.715. The number of anilines is 2. The van der Waals surface area contributed by atoms with E-state index in [0.29, 0.717) is 22.2 Å². The standard InChI is InChI=1S/C28H19BrN2O3S2/c1-18-12-14-22(15-13-18)36-27-24(29)17-21(34-27)16-23-25(32)30(19-8-4-2-5-9-19)28(35)31(26(23)33)20-10-6-3-7-11-20/h2-17H,1H3. The number of hydrogen-bond donors (Lipinski definition) is 0. The van der Waals surface area contributed by atoms with E-state index in [-0.39, 0.29) is 10.7 Å². The second kappa shape index (κ2) is 10.3. The number of amides is 2. The molecule has 0 bridgehead atoms. The van der Waals surface area contributed by atoms with Gasteiger partial charge in [0, 0.05) is 4.90 Å². The smallest absolute Gasteiger partial charge is 0.270 e. The average Bonchev–Trinajstić information content (AvgIpc) is 3.23. The van der Waals surface area contributed by atoms with Gasteiger partial charge in [-0.25, -0.2) is 0 Å². The van der Waals surface area contributed by atoms with E-state index in [9.17, 15) is 9.59 Å². The molecule has 2 amide bonds. The maximum absolute atomic E-state index is 13.6. The van der Waals surface area contributed by atoms with Crippen molar-refractivity contribution in [2.45, 2.75) is 16.9 Å². The SMILES string of the molecule is Cc1ccc(Sc2oc(C=C3C(=O)N(c4ccccc4)C(=S)N(c4ccccc4)C3=O)cc2Br)cc1. The van der Waals surface area contributed by atoms with E-state index in [2.05, 4.69) is 15.9 Å². The van der Waals surface area contributed by atoms with E-state index < -0.39 is 11.8 Å². The molecule has 1 aliphatic rings. The Morgan fingerprint density at radius 1 is 0.833 bits per heavy atom. The second-order valence-corrected chi connectivity index (χ2v) is 10.3. The summed E-state index contributed by atoms with van der Waals surface area (Å²) in [6.45, 7) is 2.03. The first-order chi connectivity index (χ1) is 17.4. The predicted octanol–water partition coefficient (Wildman–Crippen LogP) is 7.25. The zero-order chi connectivity index (χ0) is 25.2. The summed E-state index contributed by atoms with van der Waals surface area (Å²) in [5.74, 6) is -0.644. The van der Waals surface area contributed by atoms with Crippen LogP contribution in [-0.4, -0.2) is 16.9 Å². The third-order valence-corrected chi connectivity index (χ3v) is 7.68. The molecule has 178 valence electrons. The highest BCUT2D eigenvalue weighted by atomic mass is 79.9. The molecule has 0 saturated carbocycles. The van der Waals surface area contributed by atoms with Crippen LogP contribution in [0.2, 0.25) is 0 Å². The molecular formula is C28H19BrN2O3S2. The number of rotatable bonds is 5. The Morgan fingerprint density at radius 3 is 1.89 bits per heavy atom. The Hall–Kier alpha value is -3.46. The van der Waals surface area contributed by atoms with Crippen LogP contribution < -0.4 is 9.80 Å². The van der Waals surface area contributed by atoms with Crippen LogP contribution in [0.3, 0.4) is 0 Å². The van der Waals surface area contributed by atoms with Gasteiger partial charge in [-0.2, -0.15) is 0 Å². The third-order valence-electron chi connectivity index (χ3n) is 5.47. The number of para-hydroxylation sites is 2. The number of aryl methyl sites for hydroxylation is 1. The molecule has 0 spiro atoms. The molecule has 0 N–H and O–H groups in total. The summed E-state index contributed by atoms with van der Waals surface area (Å²) in [4.78, 5) is 31.0. The molecule has 0 aliphatic carbocycles. The van der Waals surface area contributed by atoms with Crippen molar-refractivity contribution < 1.29 is 14.0 Å². The normalized spacial score (nSPS) is 13.9. The fraction of sp³-hybridized carbons (Fsp3) is 0.0357. The highest BCUT2D eigenvalue weighted by Gasteiger charge is 2.41. The van der Waals surface area contributed by atoms with Crippen molar-refractivity contribution in [2.24, 2.45) is 0 Å². The lowest BCUT2D eigenvalue weighted by Crippen LogP contribution is -2.56. The Kier molecular flexibility index (Phi) is 6.91. The van der Waals surface area contributed by atoms with Crippen molar-refractivity contribution in [3.63, 3.8) is 0 Å². The molecule has 1 fully saturated rings. The lowest BCUT2D eigenvalue weighted by Gasteiger charge is -2.36. The summed E-state index contributed by atoms with van der Waals surface area (Å²) in [6.07, 6.45) is 1.47. The van der Waals surface area contributed by atoms with Crippen LogP contribution in [0, 0.1) is 6.92 Å². The van der Waals surface area contributed by atoms with Crippen LogP contribution in [0.15, 0.2) is 115 Å². The van der Waals surface area contributed by atoms with Gasteiger partial charge in [-0.3, -0.25) is 19.4 Å². The number of furan rings is 1. The third kappa shape index (κ3) is 4.80. The summed E-state index contributed by atoms with van der Waals surface area (Å²) < 4.78 is 6.75. The molecule has 8 heteroatoms. The molecular weight excluding hydrogens is 556 g/mol. The molecule has 36 heavy (non-hydrogen) atoms.